The van der Waals surface area contributed by atoms with Crippen LogP contribution in [0.3, 0.4) is 0 Å². The summed E-state index contributed by atoms with van der Waals surface area (Å²) in [7, 11) is 0. The first-order chi connectivity index (χ1) is 11.8. The van der Waals surface area contributed by atoms with Crippen LogP contribution in [0, 0.1) is 23.7 Å². The van der Waals surface area contributed by atoms with Gasteiger partial charge in [0.1, 0.15) is 5.38 Å². The molecule has 3 rings (SSSR count). The molecule has 114 valence electrons. The minimum absolute atomic E-state index is 0.332. The Bertz CT molecular complexity index is 920. The van der Waals surface area contributed by atoms with Gasteiger partial charge >= 0.3 is 0 Å². The number of benzene rings is 3. The molecule has 1 atom stereocenters. The lowest BCUT2D eigenvalue weighted by atomic mass is 10.1. The van der Waals surface area contributed by atoms with Crippen molar-refractivity contribution < 1.29 is 0 Å². The quantitative estimate of drug-likeness (QED) is 0.414. The van der Waals surface area contributed by atoms with Crippen LogP contribution in [0.15, 0.2) is 84.9 Å². The maximum Gasteiger partial charge on any atom is 0.120 e. The Balaban J connectivity index is 1.86. The molecular weight excluding hydrogens is 312 g/mol. The van der Waals surface area contributed by atoms with E-state index < -0.39 is 0 Å². The van der Waals surface area contributed by atoms with Gasteiger partial charge in [0.05, 0.1) is 0 Å². The van der Waals surface area contributed by atoms with Crippen molar-refractivity contribution in [3.8, 4) is 23.7 Å². The SMILES string of the molecule is ClC(C#Cc1ccccc1C#Cc1ccccc1)c1ccccc1. The van der Waals surface area contributed by atoms with E-state index >= 15 is 0 Å². The molecule has 0 aliphatic heterocycles. The van der Waals surface area contributed by atoms with Crippen LogP contribution < -0.4 is 0 Å². The standard InChI is InChI=1S/C23H15Cl/c24-23(22-13-5-2-6-14-22)18-17-21-12-8-7-11-20(21)16-15-19-9-3-1-4-10-19/h1-14,23H. The summed E-state index contributed by atoms with van der Waals surface area (Å²) in [6.45, 7) is 0. The molecule has 0 bridgehead atoms. The van der Waals surface area contributed by atoms with Crippen LogP contribution in [-0.2, 0) is 0 Å². The van der Waals surface area contributed by atoms with Gasteiger partial charge in [0.15, 0.2) is 0 Å². The molecular formula is C23H15Cl. The van der Waals surface area contributed by atoms with Crippen molar-refractivity contribution in [2.45, 2.75) is 5.38 Å². The largest absolute Gasteiger partial charge is 0.120 e. The van der Waals surface area contributed by atoms with Gasteiger partial charge in [0.25, 0.3) is 0 Å². The van der Waals surface area contributed by atoms with E-state index in [1.165, 1.54) is 0 Å². The van der Waals surface area contributed by atoms with Gasteiger partial charge in [-0.3, -0.25) is 0 Å². The number of halogens is 1. The van der Waals surface area contributed by atoms with Crippen LogP contribution in [0.25, 0.3) is 0 Å². The number of hydrogen-bond donors (Lipinski definition) is 0. The average molecular weight is 327 g/mol. The van der Waals surface area contributed by atoms with E-state index in [0.29, 0.717) is 0 Å². The van der Waals surface area contributed by atoms with E-state index in [9.17, 15) is 0 Å². The number of rotatable bonds is 1. The van der Waals surface area contributed by atoms with Crippen LogP contribution in [-0.4, -0.2) is 0 Å². The molecule has 3 aromatic carbocycles. The highest BCUT2D eigenvalue weighted by atomic mass is 35.5. The first-order valence-electron chi connectivity index (χ1n) is 7.69. The Morgan fingerprint density at radius 1 is 0.583 bits per heavy atom. The Morgan fingerprint density at radius 2 is 1.12 bits per heavy atom. The molecule has 0 N–H and O–H groups in total. The molecule has 0 amide bonds. The molecule has 0 saturated carbocycles. The minimum atomic E-state index is -0.332. The summed E-state index contributed by atoms with van der Waals surface area (Å²) < 4.78 is 0. The maximum absolute atomic E-state index is 6.37. The van der Waals surface area contributed by atoms with Crippen LogP contribution in [0.5, 0.6) is 0 Å². The lowest BCUT2D eigenvalue weighted by Gasteiger charge is -2.01. The normalized spacial score (nSPS) is 10.7. The summed E-state index contributed by atoms with van der Waals surface area (Å²) in [5.41, 5.74) is 3.78. The van der Waals surface area contributed by atoms with Crippen LogP contribution in [0.2, 0.25) is 0 Å². The van der Waals surface area contributed by atoms with Crippen molar-refractivity contribution >= 4 is 11.6 Å². The first kappa shape index (κ1) is 15.9. The highest BCUT2D eigenvalue weighted by Gasteiger charge is 2.02. The van der Waals surface area contributed by atoms with Crippen molar-refractivity contribution in [3.05, 3.63) is 107 Å². The molecule has 0 spiro atoms. The zero-order valence-electron chi connectivity index (χ0n) is 13.0. The number of alkyl halides is 1. The maximum atomic E-state index is 6.37. The molecule has 1 unspecified atom stereocenters. The van der Waals surface area contributed by atoms with Crippen LogP contribution in [0.4, 0.5) is 0 Å². The molecule has 0 nitrogen and oxygen atoms in total. The van der Waals surface area contributed by atoms with Gasteiger partial charge in [0.2, 0.25) is 0 Å². The van der Waals surface area contributed by atoms with Gasteiger partial charge in [-0.1, -0.05) is 84.3 Å². The third-order valence-corrected chi connectivity index (χ3v) is 3.83. The first-order valence-corrected chi connectivity index (χ1v) is 8.13. The minimum Gasteiger partial charge on any atom is -0.104 e. The van der Waals surface area contributed by atoms with Crippen molar-refractivity contribution in [1.82, 2.24) is 0 Å². The van der Waals surface area contributed by atoms with Gasteiger partial charge in [0, 0.05) is 16.7 Å². The van der Waals surface area contributed by atoms with Crippen molar-refractivity contribution in [2.75, 3.05) is 0 Å². The van der Waals surface area contributed by atoms with Crippen molar-refractivity contribution in [3.63, 3.8) is 0 Å². The second kappa shape index (κ2) is 8.07. The molecule has 0 aromatic heterocycles. The summed E-state index contributed by atoms with van der Waals surface area (Å²) >= 11 is 6.37. The second-order valence-electron chi connectivity index (χ2n) is 5.20. The summed E-state index contributed by atoms with van der Waals surface area (Å²) in [5, 5.41) is -0.332. The van der Waals surface area contributed by atoms with Crippen molar-refractivity contribution in [1.29, 1.82) is 0 Å². The Morgan fingerprint density at radius 3 is 1.79 bits per heavy atom. The monoisotopic (exact) mass is 326 g/mol. The summed E-state index contributed by atoms with van der Waals surface area (Å²) in [6.07, 6.45) is 0. The lowest BCUT2D eigenvalue weighted by molar-refractivity contribution is 1.26. The van der Waals surface area contributed by atoms with Crippen molar-refractivity contribution in [2.24, 2.45) is 0 Å². The fraction of sp³-hybridized carbons (Fsp3) is 0.0435. The predicted molar refractivity (Wildman–Crippen MR) is 101 cm³/mol. The van der Waals surface area contributed by atoms with E-state index in [0.717, 1.165) is 22.3 Å². The molecule has 24 heavy (non-hydrogen) atoms. The molecule has 0 saturated heterocycles. The Kier molecular flexibility index (Phi) is 5.36. The summed E-state index contributed by atoms with van der Waals surface area (Å²) in [6, 6.07) is 27.7. The molecule has 0 fully saturated rings. The van der Waals surface area contributed by atoms with E-state index in [2.05, 4.69) is 23.7 Å². The van der Waals surface area contributed by atoms with Gasteiger partial charge in [-0.2, -0.15) is 0 Å². The van der Waals surface area contributed by atoms with Crippen LogP contribution in [0.1, 0.15) is 27.6 Å². The van der Waals surface area contributed by atoms with Gasteiger partial charge in [-0.05, 0) is 29.8 Å². The van der Waals surface area contributed by atoms with E-state index in [-0.39, 0.29) is 5.38 Å². The summed E-state index contributed by atoms with van der Waals surface area (Å²) in [4.78, 5) is 0. The molecule has 0 aliphatic rings. The zero-order chi connectivity index (χ0) is 16.6. The van der Waals surface area contributed by atoms with Gasteiger partial charge in [-0.25, -0.2) is 0 Å². The van der Waals surface area contributed by atoms with E-state index in [4.69, 9.17) is 11.6 Å². The highest BCUT2D eigenvalue weighted by molar-refractivity contribution is 6.22. The molecule has 3 aromatic rings. The van der Waals surface area contributed by atoms with E-state index in [1.54, 1.807) is 0 Å². The Hall–Kier alpha value is -2.93. The molecule has 1 heteroatoms. The van der Waals surface area contributed by atoms with Crippen LogP contribution >= 0.6 is 11.6 Å². The average Bonchev–Trinajstić information content (AvgIpc) is 2.66. The molecule has 0 radical (unpaired) electrons. The second-order valence-corrected chi connectivity index (χ2v) is 5.64. The lowest BCUT2D eigenvalue weighted by Crippen LogP contribution is -1.87. The Labute approximate surface area is 148 Å². The predicted octanol–water partition coefficient (Wildman–Crippen LogP) is 5.42. The zero-order valence-corrected chi connectivity index (χ0v) is 13.8. The van der Waals surface area contributed by atoms with E-state index in [1.807, 2.05) is 84.9 Å². The van der Waals surface area contributed by atoms with Gasteiger partial charge in [-0.15, -0.1) is 11.6 Å². The topological polar surface area (TPSA) is 0 Å². The molecule has 0 heterocycles. The van der Waals surface area contributed by atoms with Gasteiger partial charge < -0.3 is 0 Å². The smallest absolute Gasteiger partial charge is 0.104 e. The number of hydrogen-bond acceptors (Lipinski definition) is 0. The highest BCUT2D eigenvalue weighted by Crippen LogP contribution is 2.19. The third-order valence-electron chi connectivity index (χ3n) is 3.47. The molecule has 0 aliphatic carbocycles. The third kappa shape index (κ3) is 4.30. The fourth-order valence-corrected chi connectivity index (χ4v) is 2.41. The summed E-state index contributed by atoms with van der Waals surface area (Å²) in [5.74, 6) is 12.6. The fourth-order valence-electron chi connectivity index (χ4n) is 2.21.